The van der Waals surface area contributed by atoms with E-state index < -0.39 is 0 Å². The molecule has 0 fully saturated rings. The van der Waals surface area contributed by atoms with Crippen molar-refractivity contribution >= 4 is 5.95 Å². The van der Waals surface area contributed by atoms with Crippen molar-refractivity contribution in [2.75, 3.05) is 12.8 Å². The summed E-state index contributed by atoms with van der Waals surface area (Å²) < 4.78 is 10.4. The van der Waals surface area contributed by atoms with Gasteiger partial charge in [-0.1, -0.05) is 23.4 Å². The third-order valence-electron chi connectivity index (χ3n) is 2.71. The molecular formula is C12H12N6O2. The van der Waals surface area contributed by atoms with Crippen LogP contribution >= 0.6 is 0 Å². The van der Waals surface area contributed by atoms with E-state index in [-0.39, 0.29) is 11.8 Å². The van der Waals surface area contributed by atoms with Gasteiger partial charge in [-0.05, 0) is 6.07 Å². The second kappa shape index (κ2) is 5.00. The first kappa shape index (κ1) is 12.2. The van der Waals surface area contributed by atoms with Gasteiger partial charge in [0.15, 0.2) is 5.82 Å². The Hall–Kier alpha value is -2.90. The smallest absolute Gasteiger partial charge is 0.295 e. The predicted molar refractivity (Wildman–Crippen MR) is 69.9 cm³/mol. The number of para-hydroxylation sites is 1. The van der Waals surface area contributed by atoms with Gasteiger partial charge in [0, 0.05) is 12.0 Å². The van der Waals surface area contributed by atoms with Gasteiger partial charge in [-0.2, -0.15) is 9.97 Å². The van der Waals surface area contributed by atoms with Crippen molar-refractivity contribution < 1.29 is 9.26 Å². The number of methoxy groups -OCH3 is 1. The maximum atomic E-state index is 5.42. The highest BCUT2D eigenvalue weighted by Gasteiger charge is 2.14. The van der Waals surface area contributed by atoms with Crippen LogP contribution in [0.4, 0.5) is 5.95 Å². The fraction of sp³-hybridized carbons (Fsp3) is 0.167. The lowest BCUT2D eigenvalue weighted by Gasteiger charge is -2.04. The normalized spacial score (nSPS) is 10.7. The molecule has 0 saturated heterocycles. The first-order chi connectivity index (χ1) is 9.76. The van der Waals surface area contributed by atoms with E-state index in [0.29, 0.717) is 18.1 Å². The molecule has 1 aromatic carbocycles. The number of aromatic amines is 1. The molecule has 102 valence electrons. The molecule has 20 heavy (non-hydrogen) atoms. The molecule has 0 unspecified atom stereocenters. The number of nitrogens with zero attached hydrogens (tertiary/aromatic N) is 4. The number of nitrogens with one attached hydrogen (secondary N) is 1. The van der Waals surface area contributed by atoms with E-state index in [0.717, 1.165) is 11.3 Å². The SMILES string of the molecule is COc1ccccc1Cc1noc(-c2nc(N)n[nH]2)n1. The van der Waals surface area contributed by atoms with Crippen molar-refractivity contribution in [1.29, 1.82) is 0 Å². The fourth-order valence-corrected chi connectivity index (χ4v) is 1.81. The van der Waals surface area contributed by atoms with Crippen LogP contribution in [0.5, 0.6) is 5.75 Å². The number of hydrogen-bond acceptors (Lipinski definition) is 7. The van der Waals surface area contributed by atoms with Crippen LogP contribution < -0.4 is 10.5 Å². The summed E-state index contributed by atoms with van der Waals surface area (Å²) in [4.78, 5) is 8.17. The van der Waals surface area contributed by atoms with E-state index in [9.17, 15) is 0 Å². The summed E-state index contributed by atoms with van der Waals surface area (Å²) in [5.41, 5.74) is 6.40. The van der Waals surface area contributed by atoms with Crippen molar-refractivity contribution in [3.05, 3.63) is 35.7 Å². The molecule has 8 heteroatoms. The molecule has 8 nitrogen and oxygen atoms in total. The largest absolute Gasteiger partial charge is 0.496 e. The van der Waals surface area contributed by atoms with E-state index in [1.807, 2.05) is 24.3 Å². The number of benzene rings is 1. The molecule has 0 aliphatic carbocycles. The summed E-state index contributed by atoms with van der Waals surface area (Å²) in [6.45, 7) is 0. The Morgan fingerprint density at radius 3 is 2.90 bits per heavy atom. The van der Waals surface area contributed by atoms with Crippen LogP contribution in [0, 0.1) is 0 Å². The lowest BCUT2D eigenvalue weighted by molar-refractivity contribution is 0.407. The zero-order chi connectivity index (χ0) is 13.9. The Labute approximate surface area is 114 Å². The van der Waals surface area contributed by atoms with Gasteiger partial charge < -0.3 is 15.0 Å². The van der Waals surface area contributed by atoms with Gasteiger partial charge in [0.05, 0.1) is 7.11 Å². The monoisotopic (exact) mass is 272 g/mol. The van der Waals surface area contributed by atoms with E-state index in [1.165, 1.54) is 0 Å². The van der Waals surface area contributed by atoms with Crippen LogP contribution in [0.15, 0.2) is 28.8 Å². The average molecular weight is 272 g/mol. The molecule has 0 amide bonds. The topological polar surface area (TPSA) is 116 Å². The Balaban J connectivity index is 1.84. The summed E-state index contributed by atoms with van der Waals surface area (Å²) in [7, 11) is 1.62. The van der Waals surface area contributed by atoms with Crippen LogP contribution in [-0.4, -0.2) is 32.4 Å². The molecule has 2 heterocycles. The molecule has 0 bridgehead atoms. The number of ether oxygens (including phenoxy) is 1. The predicted octanol–water partition coefficient (Wildman–Crippen LogP) is 1.04. The number of nitrogen functional groups attached to an aromatic ring is 1. The molecule has 2 aromatic heterocycles. The van der Waals surface area contributed by atoms with Gasteiger partial charge in [0.2, 0.25) is 11.8 Å². The number of H-pyrrole nitrogens is 1. The van der Waals surface area contributed by atoms with Crippen LogP contribution in [0.1, 0.15) is 11.4 Å². The number of nitrogens with two attached hydrogens (primary N) is 1. The molecule has 0 radical (unpaired) electrons. The Bertz CT molecular complexity index is 720. The molecule has 0 spiro atoms. The first-order valence-corrected chi connectivity index (χ1v) is 5.89. The zero-order valence-electron chi connectivity index (χ0n) is 10.7. The minimum absolute atomic E-state index is 0.129. The Kier molecular flexibility index (Phi) is 3.04. The highest BCUT2D eigenvalue weighted by atomic mass is 16.5. The maximum Gasteiger partial charge on any atom is 0.295 e. The molecule has 0 aliphatic rings. The second-order valence-electron chi connectivity index (χ2n) is 4.05. The van der Waals surface area contributed by atoms with Crippen LogP contribution in [0.25, 0.3) is 11.7 Å². The first-order valence-electron chi connectivity index (χ1n) is 5.89. The molecule has 3 rings (SSSR count). The molecule has 0 aliphatic heterocycles. The van der Waals surface area contributed by atoms with Crippen molar-refractivity contribution in [2.24, 2.45) is 0 Å². The van der Waals surface area contributed by atoms with Crippen molar-refractivity contribution in [1.82, 2.24) is 25.3 Å². The third-order valence-corrected chi connectivity index (χ3v) is 2.71. The lowest BCUT2D eigenvalue weighted by Crippen LogP contribution is -1.95. The summed E-state index contributed by atoms with van der Waals surface area (Å²) >= 11 is 0. The molecule has 3 aromatic rings. The lowest BCUT2D eigenvalue weighted by atomic mass is 10.1. The fourth-order valence-electron chi connectivity index (χ4n) is 1.81. The van der Waals surface area contributed by atoms with Crippen LogP contribution in [0.2, 0.25) is 0 Å². The van der Waals surface area contributed by atoms with Crippen molar-refractivity contribution in [3.63, 3.8) is 0 Å². The van der Waals surface area contributed by atoms with Crippen LogP contribution in [0.3, 0.4) is 0 Å². The number of aromatic nitrogens is 5. The van der Waals surface area contributed by atoms with Crippen molar-refractivity contribution in [2.45, 2.75) is 6.42 Å². The molecule has 0 saturated carbocycles. The van der Waals surface area contributed by atoms with Gasteiger partial charge in [-0.3, -0.25) is 5.10 Å². The average Bonchev–Trinajstić information content (AvgIpc) is 3.08. The van der Waals surface area contributed by atoms with E-state index >= 15 is 0 Å². The Morgan fingerprint density at radius 2 is 2.15 bits per heavy atom. The summed E-state index contributed by atoms with van der Waals surface area (Å²) in [5.74, 6) is 2.03. The standard InChI is InChI=1S/C12H12N6O2/c1-19-8-5-3-2-4-7(8)6-9-14-11(20-18-9)10-15-12(13)17-16-10/h2-5H,6H2,1H3,(H3,13,15,16,17). The van der Waals surface area contributed by atoms with Gasteiger partial charge in [0.1, 0.15) is 5.75 Å². The second-order valence-corrected chi connectivity index (χ2v) is 4.05. The van der Waals surface area contributed by atoms with Gasteiger partial charge in [-0.15, -0.1) is 5.10 Å². The van der Waals surface area contributed by atoms with E-state index in [2.05, 4.69) is 25.3 Å². The number of anilines is 1. The number of hydrogen-bond donors (Lipinski definition) is 2. The van der Waals surface area contributed by atoms with Crippen LogP contribution in [-0.2, 0) is 6.42 Å². The zero-order valence-corrected chi connectivity index (χ0v) is 10.7. The summed E-state index contributed by atoms with van der Waals surface area (Å²) in [6.07, 6.45) is 0.497. The number of rotatable bonds is 4. The van der Waals surface area contributed by atoms with E-state index in [4.69, 9.17) is 15.0 Å². The minimum Gasteiger partial charge on any atom is -0.496 e. The van der Waals surface area contributed by atoms with Gasteiger partial charge in [-0.25, -0.2) is 0 Å². The highest BCUT2D eigenvalue weighted by Crippen LogP contribution is 2.21. The third kappa shape index (κ3) is 2.30. The van der Waals surface area contributed by atoms with E-state index in [1.54, 1.807) is 7.11 Å². The molecule has 0 atom stereocenters. The summed E-state index contributed by atoms with van der Waals surface area (Å²) in [5, 5.41) is 10.2. The maximum absolute atomic E-state index is 5.42. The molecular weight excluding hydrogens is 260 g/mol. The van der Waals surface area contributed by atoms with Gasteiger partial charge >= 0.3 is 0 Å². The molecule has 3 N–H and O–H groups in total. The van der Waals surface area contributed by atoms with Crippen molar-refractivity contribution in [3.8, 4) is 17.5 Å². The summed E-state index contributed by atoms with van der Waals surface area (Å²) in [6, 6.07) is 7.66. The Morgan fingerprint density at radius 1 is 1.30 bits per heavy atom. The highest BCUT2D eigenvalue weighted by molar-refractivity contribution is 5.42. The quantitative estimate of drug-likeness (QED) is 0.728. The minimum atomic E-state index is 0.129. The van der Waals surface area contributed by atoms with Gasteiger partial charge in [0.25, 0.3) is 5.89 Å².